The molecule has 2 heterocycles. The van der Waals surface area contributed by atoms with E-state index in [1.165, 1.54) is 13.1 Å². The van der Waals surface area contributed by atoms with Crippen LogP contribution in [0.5, 0.6) is 0 Å². The van der Waals surface area contributed by atoms with Crippen LogP contribution in [0.3, 0.4) is 0 Å². The van der Waals surface area contributed by atoms with Gasteiger partial charge in [0.25, 0.3) is 0 Å². The molecule has 2 rings (SSSR count). The number of ether oxygens (including phenoxy) is 1. The van der Waals surface area contributed by atoms with Crippen LogP contribution in [0, 0.1) is 0 Å². The zero-order valence-electron chi connectivity index (χ0n) is 13.5. The number of rotatable bonds is 3. The summed E-state index contributed by atoms with van der Waals surface area (Å²) < 4.78 is 5.92. The number of thiol groups is 1. The fraction of sp³-hybridized carbons (Fsp3) is 1.00. The second-order valence-corrected chi connectivity index (χ2v) is 7.83. The number of nitrogens with zero attached hydrogens (tertiary/aromatic N) is 3. The van der Waals surface area contributed by atoms with Crippen LogP contribution >= 0.6 is 12.6 Å². The molecule has 2 saturated heterocycles. The van der Waals surface area contributed by atoms with E-state index in [1.807, 2.05) is 0 Å². The summed E-state index contributed by atoms with van der Waals surface area (Å²) in [7, 11) is 0. The largest absolute Gasteiger partial charge is 0.374 e. The third-order valence-electron chi connectivity index (χ3n) is 4.48. The van der Waals surface area contributed by atoms with Gasteiger partial charge in [-0.3, -0.25) is 14.7 Å². The molecule has 0 radical (unpaired) electrons. The third kappa shape index (κ3) is 4.60. The van der Waals surface area contributed by atoms with Crippen LogP contribution in [-0.4, -0.2) is 84.1 Å². The Labute approximate surface area is 129 Å². The summed E-state index contributed by atoms with van der Waals surface area (Å²) in [5.74, 6) is 0. The van der Waals surface area contributed by atoms with Crippen molar-refractivity contribution in [1.29, 1.82) is 0 Å². The van der Waals surface area contributed by atoms with Crippen LogP contribution in [0.25, 0.3) is 0 Å². The SMILES string of the molecule is CC(S)N1CCO[C@@H](CN2CCN(C(C)(C)C)CC2)C1. The summed E-state index contributed by atoms with van der Waals surface area (Å²) in [6, 6.07) is 0. The van der Waals surface area contributed by atoms with Crippen molar-refractivity contribution in [3.63, 3.8) is 0 Å². The molecule has 0 spiro atoms. The van der Waals surface area contributed by atoms with Crippen LogP contribution in [0.2, 0.25) is 0 Å². The van der Waals surface area contributed by atoms with E-state index in [9.17, 15) is 0 Å². The normalized spacial score (nSPS) is 29.6. The van der Waals surface area contributed by atoms with E-state index < -0.39 is 0 Å². The topological polar surface area (TPSA) is 19.0 Å². The fourth-order valence-corrected chi connectivity index (χ4v) is 3.29. The maximum atomic E-state index is 5.92. The molecule has 0 aromatic carbocycles. The Morgan fingerprint density at radius 3 is 2.35 bits per heavy atom. The molecule has 0 saturated carbocycles. The average Bonchev–Trinajstić information content (AvgIpc) is 2.38. The number of hydrogen-bond donors (Lipinski definition) is 1. The van der Waals surface area contributed by atoms with Gasteiger partial charge in [-0.25, -0.2) is 0 Å². The van der Waals surface area contributed by atoms with Crippen molar-refractivity contribution < 1.29 is 4.74 Å². The van der Waals surface area contributed by atoms with E-state index >= 15 is 0 Å². The molecule has 2 aliphatic rings. The van der Waals surface area contributed by atoms with E-state index in [0.717, 1.165) is 39.3 Å². The van der Waals surface area contributed by atoms with E-state index in [0.29, 0.717) is 17.0 Å². The molecule has 1 unspecified atom stereocenters. The zero-order valence-corrected chi connectivity index (χ0v) is 14.4. The number of morpholine rings is 1. The Bertz CT molecular complexity index is 298. The molecule has 4 nitrogen and oxygen atoms in total. The van der Waals surface area contributed by atoms with Crippen molar-refractivity contribution in [1.82, 2.24) is 14.7 Å². The van der Waals surface area contributed by atoms with Gasteiger partial charge in [0.15, 0.2) is 0 Å². The van der Waals surface area contributed by atoms with Gasteiger partial charge >= 0.3 is 0 Å². The molecule has 2 aliphatic heterocycles. The lowest BCUT2D eigenvalue weighted by Gasteiger charge is -2.44. The summed E-state index contributed by atoms with van der Waals surface area (Å²) in [6.07, 6.45) is 0.347. The molecule has 0 aromatic heterocycles. The van der Waals surface area contributed by atoms with Crippen molar-refractivity contribution in [2.45, 2.75) is 44.7 Å². The Morgan fingerprint density at radius 2 is 1.80 bits per heavy atom. The molecule has 5 heteroatoms. The van der Waals surface area contributed by atoms with Gasteiger partial charge in [0.2, 0.25) is 0 Å². The second kappa shape index (κ2) is 6.97. The number of piperazine rings is 1. The summed E-state index contributed by atoms with van der Waals surface area (Å²) in [6.45, 7) is 17.7. The minimum Gasteiger partial charge on any atom is -0.374 e. The van der Waals surface area contributed by atoms with Gasteiger partial charge < -0.3 is 4.74 Å². The average molecular weight is 302 g/mol. The Hall–Kier alpha value is 0.190. The Balaban J connectivity index is 1.75. The van der Waals surface area contributed by atoms with Gasteiger partial charge in [0, 0.05) is 51.4 Å². The lowest BCUT2D eigenvalue weighted by molar-refractivity contribution is -0.0530. The lowest BCUT2D eigenvalue weighted by Crippen LogP contribution is -2.56. The molecular formula is C15H31N3OS. The Kier molecular flexibility index (Phi) is 5.77. The predicted molar refractivity (Wildman–Crippen MR) is 87.5 cm³/mol. The quantitative estimate of drug-likeness (QED) is 0.794. The molecule has 2 fully saturated rings. The number of hydrogen-bond acceptors (Lipinski definition) is 5. The van der Waals surface area contributed by atoms with Crippen LogP contribution in [-0.2, 0) is 4.74 Å². The second-order valence-electron chi connectivity index (χ2n) is 7.08. The maximum absolute atomic E-state index is 5.92. The van der Waals surface area contributed by atoms with Gasteiger partial charge in [-0.05, 0) is 27.7 Å². The first-order chi connectivity index (χ1) is 9.36. The first kappa shape index (κ1) is 16.6. The van der Waals surface area contributed by atoms with Gasteiger partial charge in [-0.1, -0.05) is 0 Å². The van der Waals surface area contributed by atoms with E-state index in [2.05, 4.69) is 55.0 Å². The van der Waals surface area contributed by atoms with Crippen LogP contribution in [0.15, 0.2) is 0 Å². The van der Waals surface area contributed by atoms with Crippen molar-refractivity contribution >= 4 is 12.6 Å². The van der Waals surface area contributed by atoms with Crippen molar-refractivity contribution in [2.75, 3.05) is 52.4 Å². The summed E-state index contributed by atoms with van der Waals surface area (Å²) in [5.41, 5.74) is 0.297. The highest BCUT2D eigenvalue weighted by atomic mass is 32.1. The first-order valence-corrected chi connectivity index (χ1v) is 8.39. The van der Waals surface area contributed by atoms with Gasteiger partial charge in [0.1, 0.15) is 0 Å². The summed E-state index contributed by atoms with van der Waals surface area (Å²) in [4.78, 5) is 7.54. The van der Waals surface area contributed by atoms with Gasteiger partial charge in [-0.2, -0.15) is 12.6 Å². The zero-order chi connectivity index (χ0) is 14.8. The van der Waals surface area contributed by atoms with Crippen LogP contribution < -0.4 is 0 Å². The monoisotopic (exact) mass is 301 g/mol. The van der Waals surface area contributed by atoms with Crippen molar-refractivity contribution in [3.05, 3.63) is 0 Å². The maximum Gasteiger partial charge on any atom is 0.0829 e. The molecule has 0 amide bonds. The fourth-order valence-electron chi connectivity index (χ4n) is 3.08. The predicted octanol–water partition coefficient (Wildman–Crippen LogP) is 1.38. The van der Waals surface area contributed by atoms with Gasteiger partial charge in [0.05, 0.1) is 18.1 Å². The van der Waals surface area contributed by atoms with E-state index in [4.69, 9.17) is 4.74 Å². The molecule has 118 valence electrons. The molecule has 0 bridgehead atoms. The summed E-state index contributed by atoms with van der Waals surface area (Å²) in [5, 5.41) is 0.333. The van der Waals surface area contributed by atoms with Crippen molar-refractivity contribution in [2.24, 2.45) is 0 Å². The smallest absolute Gasteiger partial charge is 0.0829 e. The Morgan fingerprint density at radius 1 is 1.15 bits per heavy atom. The standard InChI is InChI=1S/C15H31N3OS/c1-13(20)17-9-10-19-14(12-17)11-16-5-7-18(8-6-16)15(2,3)4/h13-14,20H,5-12H2,1-4H3/t13?,14-/m0/s1. The van der Waals surface area contributed by atoms with E-state index in [1.54, 1.807) is 0 Å². The first-order valence-electron chi connectivity index (χ1n) is 7.87. The molecule has 20 heavy (non-hydrogen) atoms. The van der Waals surface area contributed by atoms with Gasteiger partial charge in [-0.15, -0.1) is 0 Å². The minimum absolute atomic E-state index is 0.297. The molecule has 0 N–H and O–H groups in total. The third-order valence-corrected chi connectivity index (χ3v) is 4.81. The highest BCUT2D eigenvalue weighted by Crippen LogP contribution is 2.17. The summed E-state index contributed by atoms with van der Waals surface area (Å²) >= 11 is 4.54. The minimum atomic E-state index is 0.297. The molecule has 2 atom stereocenters. The molecular weight excluding hydrogens is 270 g/mol. The highest BCUT2D eigenvalue weighted by Gasteiger charge is 2.29. The molecule has 0 aromatic rings. The lowest BCUT2D eigenvalue weighted by atomic mass is 10.0. The van der Waals surface area contributed by atoms with Crippen LogP contribution in [0.1, 0.15) is 27.7 Å². The van der Waals surface area contributed by atoms with Crippen molar-refractivity contribution in [3.8, 4) is 0 Å². The van der Waals surface area contributed by atoms with E-state index in [-0.39, 0.29) is 0 Å². The van der Waals surface area contributed by atoms with Crippen LogP contribution in [0.4, 0.5) is 0 Å². The highest BCUT2D eigenvalue weighted by molar-refractivity contribution is 7.80. The molecule has 0 aliphatic carbocycles.